The second kappa shape index (κ2) is 13.9. The third-order valence-electron chi connectivity index (χ3n) is 10.8. The van der Waals surface area contributed by atoms with Gasteiger partial charge in [0.25, 0.3) is 5.91 Å². The van der Waals surface area contributed by atoms with Crippen LogP contribution in [0.2, 0.25) is 5.02 Å². The van der Waals surface area contributed by atoms with Gasteiger partial charge >= 0.3 is 5.97 Å². The Morgan fingerprint density at radius 3 is 2.25 bits per heavy atom. The lowest BCUT2D eigenvalue weighted by atomic mass is 9.85. The van der Waals surface area contributed by atoms with Crippen molar-refractivity contribution in [3.8, 4) is 0 Å². The molecule has 3 atom stereocenters. The van der Waals surface area contributed by atoms with Crippen LogP contribution in [0.25, 0.3) is 0 Å². The Morgan fingerprint density at radius 2 is 1.65 bits per heavy atom. The number of anilines is 2. The Balaban J connectivity index is 1.04. The van der Waals surface area contributed by atoms with Crippen LogP contribution in [-0.4, -0.2) is 100 Å². The number of hydrogen-bond donors (Lipinski definition) is 1. The summed E-state index contributed by atoms with van der Waals surface area (Å²) in [6.07, 6.45) is 1.89. The average molecular weight is 687 g/mol. The second-order valence-corrected chi connectivity index (χ2v) is 14.6. The number of benzene rings is 1. The molecule has 0 radical (unpaired) electrons. The quantitative estimate of drug-likeness (QED) is 0.376. The van der Waals surface area contributed by atoms with Crippen LogP contribution in [0.4, 0.5) is 20.4 Å². The number of carboxylic acid groups (broad SMARTS) is 1. The number of amides is 2. The smallest absolute Gasteiger partial charge is 0.326 e. The molecular formula is C35H45ClF2N6O4. The van der Waals surface area contributed by atoms with Crippen molar-refractivity contribution in [2.24, 2.45) is 17.8 Å². The lowest BCUT2D eigenvalue weighted by molar-refractivity contribution is -0.138. The molecule has 3 saturated heterocycles. The lowest BCUT2D eigenvalue weighted by Gasteiger charge is -2.32. The van der Waals surface area contributed by atoms with Crippen LogP contribution in [0, 0.1) is 38.5 Å². The fraction of sp³-hybridized carbons (Fsp3) is 0.629. The number of aryl methyl sites for hydroxylation is 3. The molecule has 1 aromatic carbocycles. The first kappa shape index (κ1) is 34.5. The maximum absolute atomic E-state index is 13.8. The fourth-order valence-corrected chi connectivity index (χ4v) is 8.25. The van der Waals surface area contributed by atoms with Gasteiger partial charge in [0.15, 0.2) is 0 Å². The molecule has 6 rings (SSSR count). The third-order valence-corrected chi connectivity index (χ3v) is 11.2. The molecule has 4 fully saturated rings. The summed E-state index contributed by atoms with van der Waals surface area (Å²) in [7, 11) is 0. The van der Waals surface area contributed by atoms with Crippen molar-refractivity contribution in [1.29, 1.82) is 0 Å². The van der Waals surface area contributed by atoms with Gasteiger partial charge in [-0.1, -0.05) is 17.7 Å². The molecule has 3 aliphatic heterocycles. The van der Waals surface area contributed by atoms with Gasteiger partial charge in [0.1, 0.15) is 6.04 Å². The predicted octanol–water partition coefficient (Wildman–Crippen LogP) is 5.36. The monoisotopic (exact) mass is 686 g/mol. The molecule has 4 aliphatic rings. The zero-order chi connectivity index (χ0) is 34.3. The number of likely N-dealkylation sites (tertiary alicyclic amines) is 2. The maximum atomic E-state index is 13.8. The van der Waals surface area contributed by atoms with Gasteiger partial charge in [-0.3, -0.25) is 9.59 Å². The Kier molecular flexibility index (Phi) is 9.95. The molecule has 0 spiro atoms. The van der Waals surface area contributed by atoms with Crippen LogP contribution < -0.4 is 9.80 Å². The molecule has 13 heteroatoms. The number of aliphatic carboxylic acids is 1. The standard InChI is InChI=1S/C35H45ClF2N6O4/c1-21-7-8-27(16-28(21)36)43(31(45)24-9-11-35(37,38)12-10-24)15-5-13-41-17-25-19-42(20-26(25)18-41)32(46)30-22(2)39-34(40-23(30)3)44-14-4-6-29(44)33(47)48/h7-8,16,24-26,29H,4-6,9-15,17-20H2,1-3H3,(H,47,48). The van der Waals surface area contributed by atoms with Crippen molar-refractivity contribution in [3.05, 3.63) is 45.7 Å². The van der Waals surface area contributed by atoms with E-state index in [0.29, 0.717) is 78.0 Å². The number of rotatable bonds is 9. The molecular weight excluding hydrogens is 642 g/mol. The third kappa shape index (κ3) is 7.15. The lowest BCUT2D eigenvalue weighted by Crippen LogP contribution is -2.41. The number of aromatic nitrogens is 2. The minimum Gasteiger partial charge on any atom is -0.480 e. The van der Waals surface area contributed by atoms with E-state index in [1.807, 2.05) is 24.0 Å². The number of alkyl halides is 2. The molecule has 1 saturated carbocycles. The van der Waals surface area contributed by atoms with Gasteiger partial charge in [-0.05, 0) is 89.0 Å². The summed E-state index contributed by atoms with van der Waals surface area (Å²) in [5.74, 6) is -3.15. The highest BCUT2D eigenvalue weighted by Crippen LogP contribution is 2.38. The summed E-state index contributed by atoms with van der Waals surface area (Å²) in [6.45, 7) is 10.3. The summed E-state index contributed by atoms with van der Waals surface area (Å²) in [6, 6.07) is 4.90. The first-order chi connectivity index (χ1) is 22.8. The Morgan fingerprint density at radius 1 is 1.00 bits per heavy atom. The highest BCUT2D eigenvalue weighted by Gasteiger charge is 2.43. The van der Waals surface area contributed by atoms with Crippen molar-refractivity contribution in [2.45, 2.75) is 77.7 Å². The molecule has 2 aromatic rings. The van der Waals surface area contributed by atoms with E-state index in [0.717, 1.165) is 38.0 Å². The Labute approximate surface area is 285 Å². The molecule has 4 heterocycles. The zero-order valence-corrected chi connectivity index (χ0v) is 28.7. The molecule has 48 heavy (non-hydrogen) atoms. The Bertz CT molecular complexity index is 1530. The van der Waals surface area contributed by atoms with E-state index >= 15 is 0 Å². The molecule has 3 unspecified atom stereocenters. The van der Waals surface area contributed by atoms with Gasteiger partial charge in [0.05, 0.1) is 17.0 Å². The summed E-state index contributed by atoms with van der Waals surface area (Å²) < 4.78 is 27.7. The number of hydrogen-bond acceptors (Lipinski definition) is 7. The van der Waals surface area contributed by atoms with Crippen molar-refractivity contribution < 1.29 is 28.3 Å². The minimum atomic E-state index is -2.69. The van der Waals surface area contributed by atoms with E-state index in [1.165, 1.54) is 0 Å². The molecule has 260 valence electrons. The van der Waals surface area contributed by atoms with Crippen LogP contribution in [0.1, 0.15) is 72.3 Å². The summed E-state index contributed by atoms with van der Waals surface area (Å²) in [5.41, 5.74) is 3.22. The number of carbonyl (C=O) groups excluding carboxylic acids is 2. The summed E-state index contributed by atoms with van der Waals surface area (Å²) in [5, 5.41) is 10.2. The van der Waals surface area contributed by atoms with E-state index in [4.69, 9.17) is 11.6 Å². The van der Waals surface area contributed by atoms with Gasteiger partial charge in [0.2, 0.25) is 17.8 Å². The molecule has 1 N–H and O–H groups in total. The molecule has 1 aromatic heterocycles. The Hall–Kier alpha value is -3.38. The van der Waals surface area contributed by atoms with Crippen LogP contribution in [0.3, 0.4) is 0 Å². The van der Waals surface area contributed by atoms with Gasteiger partial charge in [-0.25, -0.2) is 23.5 Å². The van der Waals surface area contributed by atoms with Crippen LogP contribution in [-0.2, 0) is 9.59 Å². The van der Waals surface area contributed by atoms with Crippen molar-refractivity contribution in [1.82, 2.24) is 19.8 Å². The molecule has 10 nitrogen and oxygen atoms in total. The molecule has 1 aliphatic carbocycles. The van der Waals surface area contributed by atoms with Crippen molar-refractivity contribution >= 4 is 41.0 Å². The SMILES string of the molecule is Cc1ccc(N(CCCN2CC3CN(C(=O)c4c(C)nc(N5CCCC5C(=O)O)nc4C)CC3C2)C(=O)C2CCC(F)(F)CC2)cc1Cl. The van der Waals surface area contributed by atoms with Gasteiger partial charge in [-0.2, -0.15) is 0 Å². The summed E-state index contributed by atoms with van der Waals surface area (Å²) in [4.78, 5) is 55.9. The van der Waals surface area contributed by atoms with Crippen molar-refractivity contribution in [3.63, 3.8) is 0 Å². The number of halogens is 3. The van der Waals surface area contributed by atoms with Gasteiger partial charge in [-0.15, -0.1) is 0 Å². The summed E-state index contributed by atoms with van der Waals surface area (Å²) >= 11 is 6.42. The number of carboxylic acids is 1. The zero-order valence-electron chi connectivity index (χ0n) is 27.9. The molecule has 2 amide bonds. The van der Waals surface area contributed by atoms with E-state index in [2.05, 4.69) is 14.9 Å². The largest absolute Gasteiger partial charge is 0.480 e. The van der Waals surface area contributed by atoms with Crippen LogP contribution in [0.5, 0.6) is 0 Å². The first-order valence-electron chi connectivity index (χ1n) is 17.1. The van der Waals surface area contributed by atoms with Gasteiger partial charge in [0, 0.05) is 68.7 Å². The van der Waals surface area contributed by atoms with Crippen LogP contribution in [0.15, 0.2) is 18.2 Å². The first-order valence-corrected chi connectivity index (χ1v) is 17.5. The second-order valence-electron chi connectivity index (χ2n) is 14.2. The number of carbonyl (C=O) groups is 3. The number of fused-ring (bicyclic) bond motifs is 1. The van der Waals surface area contributed by atoms with E-state index in [-0.39, 0.29) is 37.5 Å². The predicted molar refractivity (Wildman–Crippen MR) is 179 cm³/mol. The van der Waals surface area contributed by atoms with Crippen LogP contribution >= 0.6 is 11.6 Å². The highest BCUT2D eigenvalue weighted by molar-refractivity contribution is 6.31. The van der Waals surface area contributed by atoms with E-state index in [1.54, 1.807) is 29.7 Å². The van der Waals surface area contributed by atoms with E-state index in [9.17, 15) is 28.3 Å². The van der Waals surface area contributed by atoms with Crippen molar-refractivity contribution in [2.75, 3.05) is 55.6 Å². The normalized spacial score (nSPS) is 24.2. The molecule has 0 bridgehead atoms. The average Bonchev–Trinajstić information content (AvgIpc) is 3.76. The fourth-order valence-electron chi connectivity index (χ4n) is 8.07. The number of nitrogens with zero attached hydrogens (tertiary/aromatic N) is 6. The highest BCUT2D eigenvalue weighted by atomic mass is 35.5. The minimum absolute atomic E-state index is 0.0832. The topological polar surface area (TPSA) is 110 Å². The van der Waals surface area contributed by atoms with Gasteiger partial charge < -0.3 is 24.7 Å². The van der Waals surface area contributed by atoms with E-state index < -0.39 is 23.9 Å². The maximum Gasteiger partial charge on any atom is 0.326 e.